The first-order valence-corrected chi connectivity index (χ1v) is 12.2. The van der Waals surface area contributed by atoms with Gasteiger partial charge in [-0.2, -0.15) is 5.90 Å². The van der Waals surface area contributed by atoms with Gasteiger partial charge in [0.25, 0.3) is 0 Å². The summed E-state index contributed by atoms with van der Waals surface area (Å²) in [4.78, 5) is 24.1. The molecule has 0 saturated carbocycles. The van der Waals surface area contributed by atoms with Crippen LogP contribution in [0.3, 0.4) is 0 Å². The first-order chi connectivity index (χ1) is 15.8. The Morgan fingerprint density at radius 3 is 2.38 bits per heavy atom. The van der Waals surface area contributed by atoms with Gasteiger partial charge < -0.3 is 15.1 Å². The average molecular weight is 497 g/mol. The van der Waals surface area contributed by atoms with E-state index in [-0.39, 0.29) is 24.7 Å². The minimum Gasteiger partial charge on any atom is -0.392 e. The molecule has 34 heavy (non-hydrogen) atoms. The van der Waals surface area contributed by atoms with Gasteiger partial charge >= 0.3 is 5.97 Å². The third kappa shape index (κ3) is 7.29. The van der Waals surface area contributed by atoms with Gasteiger partial charge in [0, 0.05) is 24.6 Å². The molecule has 2 rings (SSSR count). The number of hydrogen-bond acceptors (Lipinski definition) is 9. The van der Waals surface area contributed by atoms with Crippen LogP contribution in [-0.4, -0.2) is 60.1 Å². The molecule has 12 heteroatoms. The zero-order valence-electron chi connectivity index (χ0n) is 19.3. The number of aliphatic hydroxyl groups is 2. The van der Waals surface area contributed by atoms with E-state index in [1.165, 1.54) is 37.4 Å². The van der Waals surface area contributed by atoms with E-state index in [2.05, 4.69) is 14.8 Å². The Labute approximate surface area is 197 Å². The average Bonchev–Trinajstić information content (AvgIpc) is 2.76. The number of rotatable bonds is 10. The second-order valence-electron chi connectivity index (χ2n) is 8.07. The highest BCUT2D eigenvalue weighted by Gasteiger charge is 2.22. The van der Waals surface area contributed by atoms with Crippen molar-refractivity contribution in [3.8, 4) is 11.3 Å². The van der Waals surface area contributed by atoms with Crippen molar-refractivity contribution in [3.63, 3.8) is 0 Å². The van der Waals surface area contributed by atoms with Crippen LogP contribution in [0.25, 0.3) is 17.3 Å². The topological polar surface area (TPSA) is 156 Å². The summed E-state index contributed by atoms with van der Waals surface area (Å²) in [6.45, 7) is 3.72. The Balaban J connectivity index is 2.57. The Hall–Kier alpha value is -2.93. The molecule has 0 aliphatic carbocycles. The summed E-state index contributed by atoms with van der Waals surface area (Å²) in [5, 5.41) is 20.3. The number of aromatic nitrogens is 2. The zero-order valence-corrected chi connectivity index (χ0v) is 20.2. The molecule has 0 aliphatic rings. The van der Waals surface area contributed by atoms with Crippen LogP contribution >= 0.6 is 0 Å². The molecule has 0 amide bonds. The number of hydrogen-bond donors (Lipinski definition) is 3. The first kappa shape index (κ1) is 27.3. The SMILES string of the molecule is CC(C)c1nc(N(C)S(C)(=O)=O)nc(-c2ccc(F)cc2)c1/C=C/[C@@H](O)C[C@@H](O)CC(=O)ON. The Morgan fingerprint density at radius 1 is 1.24 bits per heavy atom. The van der Waals surface area contributed by atoms with Gasteiger partial charge in [0.1, 0.15) is 5.82 Å². The van der Waals surface area contributed by atoms with E-state index < -0.39 is 34.0 Å². The van der Waals surface area contributed by atoms with Crippen molar-refractivity contribution in [2.75, 3.05) is 17.6 Å². The minimum absolute atomic E-state index is 0.0565. The van der Waals surface area contributed by atoms with E-state index in [9.17, 15) is 27.8 Å². The molecule has 10 nitrogen and oxygen atoms in total. The van der Waals surface area contributed by atoms with E-state index >= 15 is 0 Å². The van der Waals surface area contributed by atoms with Crippen molar-refractivity contribution < 1.29 is 32.7 Å². The van der Waals surface area contributed by atoms with Gasteiger partial charge in [-0.1, -0.05) is 26.0 Å². The molecule has 0 aliphatic heterocycles. The van der Waals surface area contributed by atoms with Crippen LogP contribution in [0, 0.1) is 5.82 Å². The van der Waals surface area contributed by atoms with Crippen molar-refractivity contribution in [1.82, 2.24) is 9.97 Å². The van der Waals surface area contributed by atoms with E-state index in [4.69, 9.17) is 5.90 Å². The van der Waals surface area contributed by atoms with Crippen LogP contribution in [0.5, 0.6) is 0 Å². The standard InChI is InChI=1S/C22H29FN4O6S/c1-13(2)20-18(10-9-16(28)11-17(29)12-19(30)33-24)21(14-5-7-15(23)8-6-14)26-22(25-20)27(3)34(4,31)32/h5-10,13,16-17,28-29H,11-12,24H2,1-4H3/b10-9+/t16-,17-/m1/s1. The largest absolute Gasteiger partial charge is 0.392 e. The lowest BCUT2D eigenvalue weighted by Crippen LogP contribution is -2.27. The normalized spacial score (nSPS) is 13.8. The molecular weight excluding hydrogens is 467 g/mol. The Kier molecular flexibility index (Phi) is 9.21. The quantitative estimate of drug-likeness (QED) is 0.417. The van der Waals surface area contributed by atoms with E-state index in [0.717, 1.165) is 10.6 Å². The van der Waals surface area contributed by atoms with Crippen LogP contribution in [0.15, 0.2) is 30.3 Å². The van der Waals surface area contributed by atoms with Gasteiger partial charge in [-0.15, -0.1) is 0 Å². The number of anilines is 1. The molecule has 2 atom stereocenters. The number of carbonyl (C=O) groups is 1. The molecule has 0 bridgehead atoms. The molecule has 0 unspecified atom stereocenters. The van der Waals surface area contributed by atoms with E-state index in [1.54, 1.807) is 6.08 Å². The fourth-order valence-electron chi connectivity index (χ4n) is 3.08. The second kappa shape index (κ2) is 11.5. The summed E-state index contributed by atoms with van der Waals surface area (Å²) in [5.74, 6) is 3.26. The Morgan fingerprint density at radius 2 is 1.85 bits per heavy atom. The van der Waals surface area contributed by atoms with Crippen molar-refractivity contribution in [1.29, 1.82) is 0 Å². The van der Waals surface area contributed by atoms with Crippen LogP contribution < -0.4 is 10.2 Å². The highest BCUT2D eigenvalue weighted by molar-refractivity contribution is 7.92. The monoisotopic (exact) mass is 496 g/mol. The van der Waals surface area contributed by atoms with Crippen LogP contribution in [0.4, 0.5) is 10.3 Å². The van der Waals surface area contributed by atoms with Crippen LogP contribution in [0.2, 0.25) is 0 Å². The van der Waals surface area contributed by atoms with Gasteiger partial charge in [0.15, 0.2) is 0 Å². The van der Waals surface area contributed by atoms with Gasteiger partial charge in [-0.25, -0.2) is 27.1 Å². The molecule has 1 aromatic carbocycles. The third-order valence-electron chi connectivity index (χ3n) is 4.94. The maximum atomic E-state index is 13.5. The van der Waals surface area contributed by atoms with Crippen molar-refractivity contribution in [2.45, 2.75) is 44.8 Å². The maximum Gasteiger partial charge on any atom is 0.327 e. The molecular formula is C22H29FN4O6S. The van der Waals surface area contributed by atoms with E-state index in [0.29, 0.717) is 22.5 Å². The molecule has 0 fully saturated rings. The Bertz CT molecular complexity index is 1140. The fourth-order valence-corrected chi connectivity index (χ4v) is 3.46. The van der Waals surface area contributed by atoms with Crippen molar-refractivity contribution in [3.05, 3.63) is 47.4 Å². The predicted octanol–water partition coefficient (Wildman–Crippen LogP) is 1.73. The van der Waals surface area contributed by atoms with Gasteiger partial charge in [-0.3, -0.25) is 4.79 Å². The molecule has 2 aromatic rings. The molecule has 0 spiro atoms. The van der Waals surface area contributed by atoms with Crippen molar-refractivity contribution >= 4 is 28.0 Å². The smallest absolute Gasteiger partial charge is 0.327 e. The molecule has 1 heterocycles. The summed E-state index contributed by atoms with van der Waals surface area (Å²) in [7, 11) is -2.32. The van der Waals surface area contributed by atoms with Crippen molar-refractivity contribution in [2.24, 2.45) is 5.90 Å². The third-order valence-corrected chi connectivity index (χ3v) is 6.10. The molecule has 186 valence electrons. The number of nitrogens with two attached hydrogens (primary N) is 1. The minimum atomic E-state index is -3.65. The zero-order chi connectivity index (χ0) is 25.6. The predicted molar refractivity (Wildman–Crippen MR) is 125 cm³/mol. The van der Waals surface area contributed by atoms with Gasteiger partial charge in [0.2, 0.25) is 16.0 Å². The number of nitrogens with zero attached hydrogens (tertiary/aromatic N) is 3. The molecule has 1 aromatic heterocycles. The number of halogens is 1. The summed E-state index contributed by atoms with van der Waals surface area (Å²) < 4.78 is 38.7. The summed E-state index contributed by atoms with van der Waals surface area (Å²) >= 11 is 0. The number of aliphatic hydroxyl groups excluding tert-OH is 2. The molecule has 0 saturated heterocycles. The maximum absolute atomic E-state index is 13.5. The fraction of sp³-hybridized carbons (Fsp3) is 0.409. The first-order valence-electron chi connectivity index (χ1n) is 10.4. The lowest BCUT2D eigenvalue weighted by Gasteiger charge is -2.20. The highest BCUT2D eigenvalue weighted by Crippen LogP contribution is 2.31. The second-order valence-corrected chi connectivity index (χ2v) is 10.1. The lowest BCUT2D eigenvalue weighted by atomic mass is 9.97. The van der Waals surface area contributed by atoms with Crippen LogP contribution in [0.1, 0.15) is 43.9 Å². The molecule has 0 radical (unpaired) electrons. The van der Waals surface area contributed by atoms with Gasteiger partial charge in [0.05, 0.1) is 36.3 Å². The number of sulfonamides is 1. The van der Waals surface area contributed by atoms with E-state index in [1.807, 2.05) is 13.8 Å². The van der Waals surface area contributed by atoms with Gasteiger partial charge in [-0.05, 0) is 30.2 Å². The number of carbonyl (C=O) groups excluding carboxylic acids is 1. The lowest BCUT2D eigenvalue weighted by molar-refractivity contribution is -0.146. The van der Waals surface area contributed by atoms with Crippen LogP contribution in [-0.2, 0) is 19.7 Å². The summed E-state index contributed by atoms with van der Waals surface area (Å²) in [6, 6.07) is 5.51. The number of benzene rings is 1. The molecule has 4 N–H and O–H groups in total. The summed E-state index contributed by atoms with van der Waals surface area (Å²) in [5.41, 5.74) is 1.83. The summed E-state index contributed by atoms with van der Waals surface area (Å²) in [6.07, 6.45) is 1.11. The highest BCUT2D eigenvalue weighted by atomic mass is 32.2.